The summed E-state index contributed by atoms with van der Waals surface area (Å²) in [7, 11) is 0. The lowest BCUT2D eigenvalue weighted by atomic mass is 10.0. The van der Waals surface area contributed by atoms with Crippen molar-refractivity contribution in [3.63, 3.8) is 0 Å². The van der Waals surface area contributed by atoms with Crippen molar-refractivity contribution < 1.29 is 18.0 Å². The molecule has 0 radical (unpaired) electrons. The van der Waals surface area contributed by atoms with E-state index in [4.69, 9.17) is 9.26 Å². The normalized spacial score (nSPS) is 16.0. The van der Waals surface area contributed by atoms with Crippen molar-refractivity contribution in [3.8, 4) is 11.3 Å². The summed E-state index contributed by atoms with van der Waals surface area (Å²) < 4.78 is 37.8. The Hall–Kier alpha value is -2.09. The van der Waals surface area contributed by atoms with Crippen molar-refractivity contribution >= 4 is 5.82 Å². The molecule has 6 nitrogen and oxygen atoms in total. The minimum atomic E-state index is -2.71. The number of anilines is 1. The Bertz CT molecular complexity index is 665. The largest absolute Gasteiger partial charge is 0.381 e. The fourth-order valence-corrected chi connectivity index (χ4v) is 2.77. The van der Waals surface area contributed by atoms with Crippen molar-refractivity contribution in [1.82, 2.24) is 15.1 Å². The average molecular weight is 324 g/mol. The molecule has 0 amide bonds. The van der Waals surface area contributed by atoms with Crippen LogP contribution in [0.4, 0.5) is 14.6 Å². The second kappa shape index (κ2) is 6.57. The average Bonchev–Trinajstić information content (AvgIpc) is 2.86. The minimum Gasteiger partial charge on any atom is -0.381 e. The first-order valence-electron chi connectivity index (χ1n) is 7.48. The lowest BCUT2D eigenvalue weighted by molar-refractivity contribution is 0.0902. The van der Waals surface area contributed by atoms with Crippen molar-refractivity contribution in [2.75, 3.05) is 18.5 Å². The molecule has 3 heterocycles. The SMILES string of the molecule is Cc1noc(C)c1-c1ncnc(NC2CCOCC2)c1C(F)F. The Balaban J connectivity index is 2.02. The Kier molecular flexibility index (Phi) is 4.51. The third kappa shape index (κ3) is 3.17. The first kappa shape index (κ1) is 15.8. The molecule has 1 saturated heterocycles. The number of nitrogens with zero attached hydrogens (tertiary/aromatic N) is 3. The van der Waals surface area contributed by atoms with E-state index in [0.717, 1.165) is 12.8 Å². The molecule has 124 valence electrons. The lowest BCUT2D eigenvalue weighted by Gasteiger charge is -2.25. The van der Waals surface area contributed by atoms with Gasteiger partial charge in [0.15, 0.2) is 0 Å². The highest BCUT2D eigenvalue weighted by Gasteiger charge is 2.27. The molecule has 1 aliphatic heterocycles. The molecule has 1 N–H and O–H groups in total. The number of rotatable bonds is 4. The van der Waals surface area contributed by atoms with Gasteiger partial charge < -0.3 is 14.6 Å². The lowest BCUT2D eigenvalue weighted by Crippen LogP contribution is -2.29. The second-order valence-electron chi connectivity index (χ2n) is 5.52. The van der Waals surface area contributed by atoms with Gasteiger partial charge in [0.05, 0.1) is 22.5 Å². The van der Waals surface area contributed by atoms with Crippen LogP contribution in [-0.4, -0.2) is 34.4 Å². The number of hydrogen-bond acceptors (Lipinski definition) is 6. The molecule has 23 heavy (non-hydrogen) atoms. The molecular weight excluding hydrogens is 306 g/mol. The standard InChI is InChI=1S/C15H18F2N4O2/c1-8-11(9(2)23-21-8)13-12(14(16)17)15(19-7-18-13)20-10-3-5-22-6-4-10/h7,10,14H,3-6H2,1-2H3,(H,18,19,20). The summed E-state index contributed by atoms with van der Waals surface area (Å²) >= 11 is 0. The zero-order valence-electron chi connectivity index (χ0n) is 13.0. The number of halogens is 2. The molecule has 8 heteroatoms. The van der Waals surface area contributed by atoms with Crippen LogP contribution in [-0.2, 0) is 4.74 Å². The highest BCUT2D eigenvalue weighted by Crippen LogP contribution is 2.37. The summed E-state index contributed by atoms with van der Waals surface area (Å²) in [5.74, 6) is 0.622. The Labute approximate surface area is 132 Å². The van der Waals surface area contributed by atoms with Gasteiger partial charge in [0.25, 0.3) is 6.43 Å². The van der Waals surface area contributed by atoms with Crippen LogP contribution in [0.3, 0.4) is 0 Å². The summed E-state index contributed by atoms with van der Waals surface area (Å²) in [6.07, 6.45) is 0.0948. The van der Waals surface area contributed by atoms with Gasteiger partial charge in [-0.1, -0.05) is 5.16 Å². The summed E-state index contributed by atoms with van der Waals surface area (Å²) in [5.41, 5.74) is 0.979. The smallest absolute Gasteiger partial charge is 0.269 e. The van der Waals surface area contributed by atoms with E-state index in [1.54, 1.807) is 13.8 Å². The topological polar surface area (TPSA) is 73.1 Å². The molecule has 0 bridgehead atoms. The minimum absolute atomic E-state index is 0.0636. The third-order valence-electron chi connectivity index (χ3n) is 3.93. The fraction of sp³-hybridized carbons (Fsp3) is 0.533. The van der Waals surface area contributed by atoms with Gasteiger partial charge >= 0.3 is 0 Å². The number of nitrogens with one attached hydrogen (secondary N) is 1. The first-order valence-corrected chi connectivity index (χ1v) is 7.48. The summed E-state index contributed by atoms with van der Waals surface area (Å²) in [6, 6.07) is 0.0636. The summed E-state index contributed by atoms with van der Waals surface area (Å²) in [4.78, 5) is 8.09. The zero-order chi connectivity index (χ0) is 16.4. The van der Waals surface area contributed by atoms with Gasteiger partial charge in [0.1, 0.15) is 17.9 Å². The predicted octanol–water partition coefficient (Wildman–Crippen LogP) is 3.28. The Morgan fingerprint density at radius 3 is 2.57 bits per heavy atom. The zero-order valence-corrected chi connectivity index (χ0v) is 13.0. The van der Waals surface area contributed by atoms with Gasteiger partial charge in [-0.3, -0.25) is 0 Å². The number of aromatic nitrogens is 3. The first-order chi connectivity index (χ1) is 11.1. The quantitative estimate of drug-likeness (QED) is 0.930. The van der Waals surface area contributed by atoms with Crippen molar-refractivity contribution in [2.45, 2.75) is 39.2 Å². The van der Waals surface area contributed by atoms with Crippen LogP contribution in [0.1, 0.15) is 36.3 Å². The molecule has 2 aromatic rings. The predicted molar refractivity (Wildman–Crippen MR) is 79.4 cm³/mol. The molecule has 0 aliphatic carbocycles. The van der Waals surface area contributed by atoms with Crippen LogP contribution in [0.2, 0.25) is 0 Å². The van der Waals surface area contributed by atoms with E-state index in [-0.39, 0.29) is 23.1 Å². The van der Waals surface area contributed by atoms with Gasteiger partial charge in [0.2, 0.25) is 0 Å². The van der Waals surface area contributed by atoms with Crippen LogP contribution >= 0.6 is 0 Å². The molecule has 3 rings (SSSR count). The monoisotopic (exact) mass is 324 g/mol. The third-order valence-corrected chi connectivity index (χ3v) is 3.93. The Morgan fingerprint density at radius 1 is 1.22 bits per heavy atom. The van der Waals surface area contributed by atoms with Crippen molar-refractivity contribution in [2.24, 2.45) is 0 Å². The molecule has 1 aliphatic rings. The van der Waals surface area contributed by atoms with Crippen LogP contribution in [0.5, 0.6) is 0 Å². The van der Waals surface area contributed by atoms with E-state index in [0.29, 0.717) is 30.2 Å². The van der Waals surface area contributed by atoms with E-state index < -0.39 is 6.43 Å². The van der Waals surface area contributed by atoms with Crippen LogP contribution in [0.15, 0.2) is 10.9 Å². The van der Waals surface area contributed by atoms with E-state index in [1.165, 1.54) is 6.33 Å². The van der Waals surface area contributed by atoms with E-state index in [9.17, 15) is 8.78 Å². The molecule has 0 atom stereocenters. The molecule has 0 spiro atoms. The highest BCUT2D eigenvalue weighted by atomic mass is 19.3. The van der Waals surface area contributed by atoms with Gasteiger partial charge in [-0.05, 0) is 26.7 Å². The van der Waals surface area contributed by atoms with Gasteiger partial charge in [-0.2, -0.15) is 0 Å². The maximum absolute atomic E-state index is 13.7. The van der Waals surface area contributed by atoms with Crippen LogP contribution in [0, 0.1) is 13.8 Å². The van der Waals surface area contributed by atoms with Crippen LogP contribution in [0.25, 0.3) is 11.3 Å². The number of aryl methyl sites for hydroxylation is 2. The summed E-state index contributed by atoms with van der Waals surface area (Å²) in [5, 5.41) is 6.93. The molecule has 0 unspecified atom stereocenters. The number of ether oxygens (including phenoxy) is 1. The number of alkyl halides is 2. The van der Waals surface area contributed by atoms with Gasteiger partial charge in [0, 0.05) is 19.3 Å². The summed E-state index contributed by atoms with van der Waals surface area (Å²) in [6.45, 7) is 4.61. The molecular formula is C15H18F2N4O2. The molecule has 1 fully saturated rings. The Morgan fingerprint density at radius 2 is 1.96 bits per heavy atom. The van der Waals surface area contributed by atoms with Gasteiger partial charge in [-0.25, -0.2) is 18.7 Å². The second-order valence-corrected chi connectivity index (χ2v) is 5.52. The van der Waals surface area contributed by atoms with E-state index in [2.05, 4.69) is 20.4 Å². The van der Waals surface area contributed by atoms with Crippen molar-refractivity contribution in [3.05, 3.63) is 23.3 Å². The maximum atomic E-state index is 13.7. The van der Waals surface area contributed by atoms with Crippen molar-refractivity contribution in [1.29, 1.82) is 0 Å². The van der Waals surface area contributed by atoms with Crippen LogP contribution < -0.4 is 5.32 Å². The van der Waals surface area contributed by atoms with Gasteiger partial charge in [-0.15, -0.1) is 0 Å². The fourth-order valence-electron chi connectivity index (χ4n) is 2.77. The number of hydrogen-bond donors (Lipinski definition) is 1. The van der Waals surface area contributed by atoms with E-state index >= 15 is 0 Å². The molecule has 0 saturated carbocycles. The van der Waals surface area contributed by atoms with E-state index in [1.807, 2.05) is 0 Å². The molecule has 2 aromatic heterocycles. The maximum Gasteiger partial charge on any atom is 0.269 e. The highest BCUT2D eigenvalue weighted by molar-refractivity contribution is 5.71. The molecule has 0 aromatic carbocycles.